The van der Waals surface area contributed by atoms with Crippen molar-refractivity contribution in [1.29, 1.82) is 5.26 Å². The van der Waals surface area contributed by atoms with E-state index in [4.69, 9.17) is 23.2 Å². The van der Waals surface area contributed by atoms with Gasteiger partial charge in [-0.25, -0.2) is 4.68 Å². The molecule has 0 spiro atoms. The molecule has 0 bridgehead atoms. The number of rotatable bonds is 10. The molecular formula is C31H20Cl2F6N8O3. The Kier molecular flexibility index (Phi) is 10.2. The van der Waals surface area contributed by atoms with E-state index in [-0.39, 0.29) is 55.9 Å². The Morgan fingerprint density at radius 3 is 2.32 bits per heavy atom. The number of carbonyl (C=O) groups is 2. The Morgan fingerprint density at radius 2 is 1.68 bits per heavy atom. The Balaban J connectivity index is 1.47. The lowest BCUT2D eigenvalue weighted by Crippen LogP contribution is -2.25. The van der Waals surface area contributed by atoms with Crippen molar-refractivity contribution in [2.75, 3.05) is 0 Å². The van der Waals surface area contributed by atoms with Crippen LogP contribution in [0.2, 0.25) is 10.0 Å². The van der Waals surface area contributed by atoms with Crippen LogP contribution in [0.25, 0.3) is 5.69 Å². The van der Waals surface area contributed by atoms with Crippen LogP contribution < -0.4 is 10.1 Å². The van der Waals surface area contributed by atoms with Crippen LogP contribution in [0.1, 0.15) is 54.6 Å². The van der Waals surface area contributed by atoms with Gasteiger partial charge in [0.15, 0.2) is 5.78 Å². The van der Waals surface area contributed by atoms with Gasteiger partial charge in [0.1, 0.15) is 23.7 Å². The molecule has 0 aliphatic carbocycles. The first-order valence-corrected chi connectivity index (χ1v) is 14.9. The lowest BCUT2D eigenvalue weighted by molar-refractivity contribution is -0.274. The maximum absolute atomic E-state index is 14.0. The number of hydrogen-bond acceptors (Lipinski definition) is 8. The van der Waals surface area contributed by atoms with Gasteiger partial charge in [-0.15, -0.1) is 23.4 Å². The van der Waals surface area contributed by atoms with Crippen LogP contribution in [0.3, 0.4) is 0 Å². The standard InChI is InChI=1S/C31H20Cl2F6N8O3/c1-16-8-18(13-40)10-22(28(49)41-14-17-4-2-5-20(9-17)50-31(37,38)39)21(16)12-26(48)25-11-19(15-46-44-29(42-45-46)30(34,35)36)43-47(25)27-23(32)6-3-7-24(27)33/h2-11H,12,14-15H2,1H3,(H,41,49). The molecule has 5 aromatic rings. The highest BCUT2D eigenvalue weighted by atomic mass is 35.5. The van der Waals surface area contributed by atoms with Crippen molar-refractivity contribution in [3.8, 4) is 17.5 Å². The fourth-order valence-electron chi connectivity index (χ4n) is 4.84. The maximum atomic E-state index is 14.0. The monoisotopic (exact) mass is 736 g/mol. The van der Waals surface area contributed by atoms with Crippen molar-refractivity contribution in [2.24, 2.45) is 0 Å². The Morgan fingerprint density at radius 1 is 0.980 bits per heavy atom. The molecule has 3 aromatic carbocycles. The summed E-state index contributed by atoms with van der Waals surface area (Å²) in [7, 11) is 0. The Labute approximate surface area is 288 Å². The fraction of sp³-hybridized carbons (Fsp3) is 0.194. The van der Waals surface area contributed by atoms with E-state index < -0.39 is 48.8 Å². The molecule has 0 fully saturated rings. The second kappa shape index (κ2) is 14.2. The van der Waals surface area contributed by atoms with Crippen LogP contribution in [0, 0.1) is 18.3 Å². The predicted molar refractivity (Wildman–Crippen MR) is 164 cm³/mol. The van der Waals surface area contributed by atoms with E-state index in [0.29, 0.717) is 10.4 Å². The number of carbonyl (C=O) groups excluding carboxylic acids is 2. The van der Waals surface area contributed by atoms with Crippen LogP contribution >= 0.6 is 23.2 Å². The van der Waals surface area contributed by atoms with E-state index in [1.165, 1.54) is 42.5 Å². The SMILES string of the molecule is Cc1cc(C#N)cc(C(=O)NCc2cccc(OC(F)(F)F)c2)c1CC(=O)c1cc(Cn2nnc(C(F)(F)F)n2)nn1-c1c(Cl)cccc1Cl. The second-order valence-corrected chi connectivity index (χ2v) is 11.4. The molecular weight excluding hydrogens is 717 g/mol. The number of nitriles is 1. The number of aryl methyl sites for hydroxylation is 1. The van der Waals surface area contributed by atoms with E-state index in [9.17, 15) is 41.2 Å². The van der Waals surface area contributed by atoms with Crippen molar-refractivity contribution >= 4 is 34.9 Å². The number of benzene rings is 3. The summed E-state index contributed by atoms with van der Waals surface area (Å²) < 4.78 is 82.2. The number of nitrogens with zero attached hydrogens (tertiary/aromatic N) is 7. The number of aromatic nitrogens is 6. The van der Waals surface area contributed by atoms with Gasteiger partial charge in [-0.3, -0.25) is 9.59 Å². The molecule has 0 saturated carbocycles. The molecule has 0 unspecified atom stereocenters. The normalized spacial score (nSPS) is 11.7. The molecule has 2 heterocycles. The molecule has 50 heavy (non-hydrogen) atoms. The number of halogens is 8. The van der Waals surface area contributed by atoms with Gasteiger partial charge in [0.05, 0.1) is 27.4 Å². The third kappa shape index (κ3) is 8.39. The third-order valence-electron chi connectivity index (χ3n) is 6.97. The van der Waals surface area contributed by atoms with Gasteiger partial charge in [0.25, 0.3) is 11.7 Å². The highest BCUT2D eigenvalue weighted by Crippen LogP contribution is 2.31. The minimum atomic E-state index is -4.92. The Hall–Kier alpha value is -5.47. The summed E-state index contributed by atoms with van der Waals surface area (Å²) in [6, 6.07) is 15.4. The fourth-order valence-corrected chi connectivity index (χ4v) is 5.39. The summed E-state index contributed by atoms with van der Waals surface area (Å²) in [6.07, 6.45) is -10.2. The van der Waals surface area contributed by atoms with Gasteiger partial charge in [-0.05, 0) is 71.3 Å². The van der Waals surface area contributed by atoms with Crippen molar-refractivity contribution < 1.29 is 40.7 Å². The van der Waals surface area contributed by atoms with E-state index in [1.807, 2.05) is 6.07 Å². The van der Waals surface area contributed by atoms with Crippen molar-refractivity contribution in [1.82, 2.24) is 35.3 Å². The average molecular weight is 737 g/mol. The number of ketones is 1. The van der Waals surface area contributed by atoms with Crippen LogP contribution in [0.15, 0.2) is 60.7 Å². The van der Waals surface area contributed by atoms with E-state index in [0.717, 1.165) is 16.8 Å². The van der Waals surface area contributed by atoms with Gasteiger partial charge in [-0.2, -0.15) is 28.3 Å². The lowest BCUT2D eigenvalue weighted by Gasteiger charge is -2.15. The zero-order valence-corrected chi connectivity index (χ0v) is 26.8. The number of amides is 1. The van der Waals surface area contributed by atoms with Crippen LogP contribution in [0.4, 0.5) is 26.3 Å². The molecule has 2 aromatic heterocycles. The van der Waals surface area contributed by atoms with Crippen molar-refractivity contribution in [3.63, 3.8) is 0 Å². The summed E-state index contributed by atoms with van der Waals surface area (Å²) >= 11 is 12.8. The number of ether oxygens (including phenoxy) is 1. The molecule has 0 aliphatic rings. The number of alkyl halides is 6. The number of hydrogen-bond donors (Lipinski definition) is 1. The van der Waals surface area contributed by atoms with Crippen LogP contribution in [-0.2, 0) is 25.7 Å². The van der Waals surface area contributed by atoms with Gasteiger partial charge < -0.3 is 10.1 Å². The van der Waals surface area contributed by atoms with E-state index >= 15 is 0 Å². The van der Waals surface area contributed by atoms with Crippen LogP contribution in [0.5, 0.6) is 5.75 Å². The van der Waals surface area contributed by atoms with Crippen LogP contribution in [-0.4, -0.2) is 48.0 Å². The molecule has 1 amide bonds. The molecule has 11 nitrogen and oxygen atoms in total. The minimum Gasteiger partial charge on any atom is -0.406 e. The van der Waals surface area contributed by atoms with E-state index in [2.05, 4.69) is 30.6 Å². The summed E-state index contributed by atoms with van der Waals surface area (Å²) in [5, 5.41) is 26.4. The quantitative estimate of drug-likeness (QED) is 0.124. The van der Waals surface area contributed by atoms with Crippen molar-refractivity contribution in [3.05, 3.63) is 116 Å². The highest BCUT2D eigenvalue weighted by Gasteiger charge is 2.37. The van der Waals surface area contributed by atoms with Gasteiger partial charge in [-0.1, -0.05) is 41.4 Å². The Bertz CT molecular complexity index is 2120. The van der Waals surface area contributed by atoms with Gasteiger partial charge >= 0.3 is 12.5 Å². The number of tetrazole rings is 1. The molecule has 0 atom stereocenters. The number of para-hydroxylation sites is 1. The smallest absolute Gasteiger partial charge is 0.406 e. The summed E-state index contributed by atoms with van der Waals surface area (Å²) in [5.74, 6) is -3.35. The van der Waals surface area contributed by atoms with Crippen molar-refractivity contribution in [2.45, 2.75) is 39.0 Å². The summed E-state index contributed by atoms with van der Waals surface area (Å²) in [6.45, 7) is 0.905. The molecule has 0 saturated heterocycles. The first-order valence-electron chi connectivity index (χ1n) is 14.1. The molecule has 19 heteroatoms. The molecule has 258 valence electrons. The first kappa shape index (κ1) is 35.8. The van der Waals surface area contributed by atoms with E-state index in [1.54, 1.807) is 13.0 Å². The topological polar surface area (TPSA) is 141 Å². The first-order chi connectivity index (χ1) is 23.5. The number of Topliss-reactive ketones (excluding diaryl/α,β-unsaturated/α-hetero) is 1. The largest absolute Gasteiger partial charge is 0.573 e. The number of nitrogens with one attached hydrogen (secondary N) is 1. The molecule has 5 rings (SSSR count). The van der Waals surface area contributed by atoms with Gasteiger partial charge in [0.2, 0.25) is 0 Å². The third-order valence-corrected chi connectivity index (χ3v) is 7.58. The summed E-state index contributed by atoms with van der Waals surface area (Å²) in [5.41, 5.74) is 0.876. The molecule has 1 N–H and O–H groups in total. The minimum absolute atomic E-state index is 0.0294. The average Bonchev–Trinajstić information content (AvgIpc) is 3.68. The summed E-state index contributed by atoms with van der Waals surface area (Å²) in [4.78, 5) is 28.1. The second-order valence-electron chi connectivity index (χ2n) is 10.6. The maximum Gasteiger partial charge on any atom is 0.573 e. The predicted octanol–water partition coefficient (Wildman–Crippen LogP) is 6.67. The molecule has 0 aliphatic heterocycles. The highest BCUT2D eigenvalue weighted by molar-refractivity contribution is 6.37. The zero-order chi connectivity index (χ0) is 36.4. The lowest BCUT2D eigenvalue weighted by atomic mass is 9.93. The van der Waals surface area contributed by atoms with Gasteiger partial charge in [0, 0.05) is 18.5 Å². The molecule has 0 radical (unpaired) electrons. The zero-order valence-electron chi connectivity index (χ0n) is 25.3.